The molecule has 0 N–H and O–H groups in total. The Bertz CT molecular complexity index is 451. The molecular weight excluding hydrogens is 190 g/mol. The van der Waals surface area contributed by atoms with Gasteiger partial charge in [-0.1, -0.05) is 18.2 Å². The van der Waals surface area contributed by atoms with Crippen LogP contribution in [-0.4, -0.2) is 21.9 Å². The van der Waals surface area contributed by atoms with Gasteiger partial charge in [-0.2, -0.15) is 0 Å². The number of ether oxygens (including phenoxy) is 1. The topological polar surface area (TPSA) is 39.9 Å². The zero-order chi connectivity index (χ0) is 10.7. The van der Waals surface area contributed by atoms with Crippen LogP contribution in [0.25, 0.3) is 0 Å². The third kappa shape index (κ3) is 1.98. The largest absolute Gasteiger partial charge is 0.496 e. The predicted molar refractivity (Wildman–Crippen MR) is 56.8 cm³/mol. The summed E-state index contributed by atoms with van der Waals surface area (Å²) < 4.78 is 7.19. The molecule has 0 unspecified atom stereocenters. The summed E-state index contributed by atoms with van der Waals surface area (Å²) in [5.74, 6) is 1.82. The summed E-state index contributed by atoms with van der Waals surface area (Å²) in [5, 5.41) is 7.89. The summed E-state index contributed by atoms with van der Waals surface area (Å²) in [6.45, 7) is 0. The van der Waals surface area contributed by atoms with Crippen molar-refractivity contribution in [1.82, 2.24) is 14.8 Å². The first-order chi connectivity index (χ1) is 7.31. The van der Waals surface area contributed by atoms with Crippen LogP contribution in [0.15, 0.2) is 30.6 Å². The molecule has 0 saturated carbocycles. The maximum absolute atomic E-state index is 5.28. The highest BCUT2D eigenvalue weighted by molar-refractivity contribution is 5.35. The Balaban J connectivity index is 2.28. The highest BCUT2D eigenvalue weighted by atomic mass is 16.5. The van der Waals surface area contributed by atoms with Crippen LogP contribution in [0.4, 0.5) is 0 Å². The standard InChI is InChI=1S/C11H13N3O/c1-14-8-12-13-11(14)7-9-5-3-4-6-10(9)15-2/h3-6,8H,7H2,1-2H3. The molecule has 0 aliphatic rings. The normalized spacial score (nSPS) is 10.3. The Kier molecular flexibility index (Phi) is 2.67. The van der Waals surface area contributed by atoms with E-state index in [-0.39, 0.29) is 0 Å². The highest BCUT2D eigenvalue weighted by Gasteiger charge is 2.06. The molecule has 1 aromatic heterocycles. The molecule has 0 amide bonds. The van der Waals surface area contributed by atoms with Crippen LogP contribution in [0.2, 0.25) is 0 Å². The molecule has 0 spiro atoms. The average Bonchev–Trinajstić information content (AvgIpc) is 2.65. The Morgan fingerprint density at radius 1 is 1.33 bits per heavy atom. The van der Waals surface area contributed by atoms with E-state index in [0.29, 0.717) is 0 Å². The number of aromatic nitrogens is 3. The molecule has 0 saturated heterocycles. The molecule has 2 aromatic rings. The van der Waals surface area contributed by atoms with Gasteiger partial charge in [-0.05, 0) is 6.07 Å². The molecule has 4 nitrogen and oxygen atoms in total. The molecule has 15 heavy (non-hydrogen) atoms. The fourth-order valence-corrected chi connectivity index (χ4v) is 1.49. The number of aryl methyl sites for hydroxylation is 1. The molecule has 2 rings (SSSR count). The lowest BCUT2D eigenvalue weighted by atomic mass is 10.1. The Labute approximate surface area is 88.5 Å². The van der Waals surface area contributed by atoms with Crippen LogP contribution in [-0.2, 0) is 13.5 Å². The van der Waals surface area contributed by atoms with E-state index in [0.717, 1.165) is 23.6 Å². The summed E-state index contributed by atoms with van der Waals surface area (Å²) in [6.07, 6.45) is 2.44. The van der Waals surface area contributed by atoms with Crippen molar-refractivity contribution < 1.29 is 4.74 Å². The van der Waals surface area contributed by atoms with E-state index in [1.807, 2.05) is 35.9 Å². The lowest BCUT2D eigenvalue weighted by Crippen LogP contribution is -2.00. The molecule has 78 valence electrons. The van der Waals surface area contributed by atoms with Crippen LogP contribution < -0.4 is 4.74 Å². The van der Waals surface area contributed by atoms with Gasteiger partial charge in [0.2, 0.25) is 0 Å². The Hall–Kier alpha value is -1.84. The second-order valence-corrected chi connectivity index (χ2v) is 3.35. The van der Waals surface area contributed by atoms with E-state index in [2.05, 4.69) is 10.2 Å². The lowest BCUT2D eigenvalue weighted by molar-refractivity contribution is 0.410. The summed E-state index contributed by atoms with van der Waals surface area (Å²) >= 11 is 0. The summed E-state index contributed by atoms with van der Waals surface area (Å²) in [4.78, 5) is 0. The van der Waals surface area contributed by atoms with Crippen LogP contribution >= 0.6 is 0 Å². The number of methoxy groups -OCH3 is 1. The third-order valence-electron chi connectivity index (χ3n) is 2.35. The average molecular weight is 203 g/mol. The van der Waals surface area contributed by atoms with Gasteiger partial charge in [0, 0.05) is 19.0 Å². The second-order valence-electron chi connectivity index (χ2n) is 3.35. The van der Waals surface area contributed by atoms with Crippen molar-refractivity contribution >= 4 is 0 Å². The first kappa shape index (κ1) is 9.71. The molecule has 1 aromatic carbocycles. The van der Waals surface area contributed by atoms with E-state index < -0.39 is 0 Å². The second kappa shape index (κ2) is 4.13. The molecule has 0 aliphatic heterocycles. The van der Waals surface area contributed by atoms with Gasteiger partial charge in [0.1, 0.15) is 17.9 Å². The number of para-hydroxylation sites is 1. The Morgan fingerprint density at radius 2 is 2.13 bits per heavy atom. The number of rotatable bonds is 3. The molecule has 1 heterocycles. The molecule has 0 radical (unpaired) electrons. The van der Waals surface area contributed by atoms with Crippen molar-refractivity contribution in [3.8, 4) is 5.75 Å². The smallest absolute Gasteiger partial charge is 0.137 e. The monoisotopic (exact) mass is 203 g/mol. The summed E-state index contributed by atoms with van der Waals surface area (Å²) in [5.41, 5.74) is 1.12. The van der Waals surface area contributed by atoms with E-state index >= 15 is 0 Å². The minimum atomic E-state index is 0.737. The van der Waals surface area contributed by atoms with Crippen LogP contribution in [0, 0.1) is 0 Å². The maximum Gasteiger partial charge on any atom is 0.137 e. The number of hydrogen-bond acceptors (Lipinski definition) is 3. The predicted octanol–water partition coefficient (Wildman–Crippen LogP) is 1.41. The van der Waals surface area contributed by atoms with Gasteiger partial charge in [-0.3, -0.25) is 0 Å². The van der Waals surface area contributed by atoms with Crippen LogP contribution in [0.3, 0.4) is 0 Å². The SMILES string of the molecule is COc1ccccc1Cc1nncn1C. The summed E-state index contributed by atoms with van der Waals surface area (Å²) in [7, 11) is 3.61. The van der Waals surface area contributed by atoms with Gasteiger partial charge < -0.3 is 9.30 Å². The van der Waals surface area contributed by atoms with Gasteiger partial charge in [0.15, 0.2) is 0 Å². The maximum atomic E-state index is 5.28. The molecular formula is C11H13N3O. The van der Waals surface area contributed by atoms with Gasteiger partial charge in [0.25, 0.3) is 0 Å². The zero-order valence-corrected chi connectivity index (χ0v) is 8.84. The van der Waals surface area contributed by atoms with Crippen molar-refractivity contribution in [1.29, 1.82) is 0 Å². The van der Waals surface area contributed by atoms with Crippen molar-refractivity contribution in [3.05, 3.63) is 42.0 Å². The number of benzene rings is 1. The van der Waals surface area contributed by atoms with Crippen molar-refractivity contribution in [2.24, 2.45) is 7.05 Å². The molecule has 4 heteroatoms. The van der Waals surface area contributed by atoms with Crippen molar-refractivity contribution in [2.45, 2.75) is 6.42 Å². The van der Waals surface area contributed by atoms with Crippen molar-refractivity contribution in [2.75, 3.05) is 7.11 Å². The fraction of sp³-hybridized carbons (Fsp3) is 0.273. The summed E-state index contributed by atoms with van der Waals surface area (Å²) in [6, 6.07) is 7.94. The quantitative estimate of drug-likeness (QED) is 0.757. The van der Waals surface area contributed by atoms with E-state index in [1.54, 1.807) is 13.4 Å². The first-order valence-electron chi connectivity index (χ1n) is 4.76. The molecule has 0 fully saturated rings. The van der Waals surface area contributed by atoms with Gasteiger partial charge in [-0.15, -0.1) is 10.2 Å². The minimum absolute atomic E-state index is 0.737. The lowest BCUT2D eigenvalue weighted by Gasteiger charge is -2.06. The zero-order valence-electron chi connectivity index (χ0n) is 8.84. The van der Waals surface area contributed by atoms with Gasteiger partial charge in [-0.25, -0.2) is 0 Å². The van der Waals surface area contributed by atoms with Crippen molar-refractivity contribution in [3.63, 3.8) is 0 Å². The van der Waals surface area contributed by atoms with E-state index in [1.165, 1.54) is 0 Å². The molecule has 0 atom stereocenters. The molecule has 0 bridgehead atoms. The minimum Gasteiger partial charge on any atom is -0.496 e. The van der Waals surface area contributed by atoms with E-state index in [4.69, 9.17) is 4.74 Å². The highest BCUT2D eigenvalue weighted by Crippen LogP contribution is 2.19. The Morgan fingerprint density at radius 3 is 2.80 bits per heavy atom. The fourth-order valence-electron chi connectivity index (χ4n) is 1.49. The molecule has 0 aliphatic carbocycles. The third-order valence-corrected chi connectivity index (χ3v) is 2.35. The number of hydrogen-bond donors (Lipinski definition) is 0. The number of nitrogens with zero attached hydrogens (tertiary/aromatic N) is 3. The van der Waals surface area contributed by atoms with Gasteiger partial charge >= 0.3 is 0 Å². The van der Waals surface area contributed by atoms with Crippen LogP contribution in [0.5, 0.6) is 5.75 Å². The van der Waals surface area contributed by atoms with Gasteiger partial charge in [0.05, 0.1) is 7.11 Å². The van der Waals surface area contributed by atoms with E-state index in [9.17, 15) is 0 Å². The first-order valence-corrected chi connectivity index (χ1v) is 4.76. The van der Waals surface area contributed by atoms with Crippen LogP contribution in [0.1, 0.15) is 11.4 Å².